The van der Waals surface area contributed by atoms with Crippen molar-refractivity contribution in [3.8, 4) is 0 Å². The topological polar surface area (TPSA) is 171 Å². The molecule has 296 valence electrons. The van der Waals surface area contributed by atoms with Gasteiger partial charge in [0, 0.05) is 13.1 Å². The molecule has 1 aliphatic heterocycles. The van der Waals surface area contributed by atoms with Gasteiger partial charge in [-0.15, -0.1) is 6.58 Å². The highest BCUT2D eigenvalue weighted by molar-refractivity contribution is 7.92. The summed E-state index contributed by atoms with van der Waals surface area (Å²) in [5, 5.41) is 11.7. The van der Waals surface area contributed by atoms with Crippen LogP contribution in [0.5, 0.6) is 0 Å². The Hall–Kier alpha value is -2.96. The number of amides is 5. The van der Waals surface area contributed by atoms with Gasteiger partial charge in [-0.05, 0) is 108 Å². The highest BCUT2D eigenvalue weighted by atomic mass is 32.2. The molecule has 0 aromatic carbocycles. The molecule has 6 rings (SSSR count). The van der Waals surface area contributed by atoms with Gasteiger partial charge in [-0.25, -0.2) is 13.2 Å². The number of nitrogens with zero attached hydrogens (tertiary/aromatic N) is 1. The van der Waals surface area contributed by atoms with Crippen molar-refractivity contribution in [2.45, 2.75) is 158 Å². The Kier molecular flexibility index (Phi) is 11.7. The number of hydrogen-bond donors (Lipinski definition) is 4. The Labute approximate surface area is 316 Å². The maximum atomic E-state index is 15.0. The van der Waals surface area contributed by atoms with Crippen LogP contribution in [0.1, 0.15) is 130 Å². The SMILES string of the molecule is C=CCNC(=O)C(=O)C(CC1CC1)NC(=O)[C@@H]1[C@H]2CCC3(CC3)[C@H]2CN1C(=O)[C@@H](NC(=O)NC1(CS(=O)(=O)C(C)(C)C)CCCCC1)C1CCCCC1. The summed E-state index contributed by atoms with van der Waals surface area (Å²) in [7, 11) is -3.56. The van der Waals surface area contributed by atoms with Crippen LogP contribution < -0.4 is 21.3 Å². The van der Waals surface area contributed by atoms with Crippen LogP contribution in [-0.4, -0.2) is 90.1 Å². The molecule has 6 fully saturated rings. The Morgan fingerprint density at radius 3 is 2.13 bits per heavy atom. The smallest absolute Gasteiger partial charge is 0.315 e. The summed E-state index contributed by atoms with van der Waals surface area (Å²) >= 11 is 0. The molecule has 1 unspecified atom stereocenters. The van der Waals surface area contributed by atoms with Crippen molar-refractivity contribution >= 4 is 39.4 Å². The van der Waals surface area contributed by atoms with Crippen LogP contribution in [0.15, 0.2) is 12.7 Å². The van der Waals surface area contributed by atoms with E-state index in [1.54, 1.807) is 25.7 Å². The third-order valence-electron chi connectivity index (χ3n) is 13.6. The Morgan fingerprint density at radius 1 is 0.868 bits per heavy atom. The van der Waals surface area contributed by atoms with E-state index in [-0.39, 0.29) is 47.3 Å². The van der Waals surface area contributed by atoms with Crippen molar-refractivity contribution in [3.63, 3.8) is 0 Å². The van der Waals surface area contributed by atoms with Crippen LogP contribution in [0.4, 0.5) is 4.79 Å². The molecule has 5 amide bonds. The fourth-order valence-corrected chi connectivity index (χ4v) is 11.6. The first kappa shape index (κ1) is 39.7. The van der Waals surface area contributed by atoms with Gasteiger partial charge in [0.1, 0.15) is 12.1 Å². The van der Waals surface area contributed by atoms with E-state index in [4.69, 9.17) is 0 Å². The van der Waals surface area contributed by atoms with Crippen LogP contribution in [0.3, 0.4) is 0 Å². The fraction of sp³-hybridized carbons (Fsp3) is 0.825. The summed E-state index contributed by atoms with van der Waals surface area (Å²) in [6.07, 6.45) is 15.8. The van der Waals surface area contributed by atoms with Gasteiger partial charge in [-0.3, -0.25) is 19.2 Å². The van der Waals surface area contributed by atoms with Gasteiger partial charge in [0.2, 0.25) is 17.6 Å². The van der Waals surface area contributed by atoms with Crippen LogP contribution >= 0.6 is 0 Å². The molecule has 0 bridgehead atoms. The number of likely N-dealkylation sites (tertiary alicyclic amines) is 1. The highest BCUT2D eigenvalue weighted by Crippen LogP contribution is 2.66. The Morgan fingerprint density at radius 2 is 1.53 bits per heavy atom. The summed E-state index contributed by atoms with van der Waals surface area (Å²) < 4.78 is 25.9. The second kappa shape index (κ2) is 15.6. The molecule has 5 atom stereocenters. The molecular weight excluding hydrogens is 695 g/mol. The molecule has 1 spiro atoms. The van der Waals surface area contributed by atoms with E-state index in [2.05, 4.69) is 27.8 Å². The Bertz CT molecular complexity index is 1540. The van der Waals surface area contributed by atoms with Gasteiger partial charge >= 0.3 is 6.03 Å². The summed E-state index contributed by atoms with van der Waals surface area (Å²) in [4.78, 5) is 71.3. The first-order valence-electron chi connectivity index (χ1n) is 20.4. The zero-order valence-electron chi connectivity index (χ0n) is 32.2. The Balaban J connectivity index is 1.25. The lowest BCUT2D eigenvalue weighted by Crippen LogP contribution is -2.63. The third kappa shape index (κ3) is 8.80. The lowest BCUT2D eigenvalue weighted by atomic mass is 9.82. The van der Waals surface area contributed by atoms with E-state index in [1.807, 2.05) is 0 Å². The average Bonchev–Trinajstić information content (AvgIpc) is 4.03. The van der Waals surface area contributed by atoms with Gasteiger partial charge < -0.3 is 26.2 Å². The number of sulfone groups is 1. The average molecular weight is 758 g/mol. The van der Waals surface area contributed by atoms with E-state index in [0.29, 0.717) is 25.8 Å². The molecule has 0 radical (unpaired) electrons. The first-order chi connectivity index (χ1) is 25.1. The normalized spacial score (nSPS) is 27.6. The monoisotopic (exact) mass is 757 g/mol. The van der Waals surface area contributed by atoms with Crippen LogP contribution in [-0.2, 0) is 29.0 Å². The number of carbonyl (C=O) groups excluding carboxylic acids is 5. The zero-order chi connectivity index (χ0) is 38.2. The fourth-order valence-electron chi connectivity index (χ4n) is 10.0. The van der Waals surface area contributed by atoms with Crippen molar-refractivity contribution in [3.05, 3.63) is 12.7 Å². The van der Waals surface area contributed by atoms with E-state index in [0.717, 1.165) is 89.9 Å². The summed E-state index contributed by atoms with van der Waals surface area (Å²) in [5.41, 5.74) is -0.801. The second-order valence-corrected chi connectivity index (χ2v) is 21.1. The van der Waals surface area contributed by atoms with Crippen molar-refractivity contribution in [2.24, 2.45) is 29.1 Å². The molecule has 0 aromatic rings. The summed E-state index contributed by atoms with van der Waals surface area (Å²) in [5.74, 6) is -2.07. The second-order valence-electron chi connectivity index (χ2n) is 18.4. The first-order valence-corrected chi connectivity index (χ1v) is 22.1. The number of fused-ring (bicyclic) bond motifs is 2. The van der Waals surface area contributed by atoms with Gasteiger partial charge in [0.15, 0.2) is 9.84 Å². The van der Waals surface area contributed by atoms with E-state index in [1.165, 1.54) is 6.08 Å². The number of urea groups is 1. The molecule has 0 aromatic heterocycles. The molecule has 4 N–H and O–H groups in total. The molecule has 53 heavy (non-hydrogen) atoms. The molecular formula is C40H63N5O7S. The van der Waals surface area contributed by atoms with Crippen LogP contribution in [0.2, 0.25) is 0 Å². The van der Waals surface area contributed by atoms with Gasteiger partial charge in [-0.1, -0.05) is 57.4 Å². The molecule has 1 heterocycles. The molecule has 5 aliphatic carbocycles. The third-order valence-corrected chi connectivity index (χ3v) is 16.4. The number of nitrogens with one attached hydrogen (secondary N) is 4. The summed E-state index contributed by atoms with van der Waals surface area (Å²) in [6.45, 7) is 9.21. The lowest BCUT2D eigenvalue weighted by molar-refractivity contribution is -0.144. The zero-order valence-corrected chi connectivity index (χ0v) is 33.0. The van der Waals surface area contributed by atoms with Gasteiger partial charge in [-0.2, -0.15) is 0 Å². The van der Waals surface area contributed by atoms with Crippen molar-refractivity contribution < 1.29 is 32.4 Å². The molecule has 5 saturated carbocycles. The van der Waals surface area contributed by atoms with Gasteiger partial charge in [0.25, 0.3) is 5.91 Å². The molecule has 1 saturated heterocycles. The number of Topliss-reactive ketones (excluding diaryl/α,β-unsaturated/α-hetero) is 1. The van der Waals surface area contributed by atoms with E-state index in [9.17, 15) is 32.4 Å². The summed E-state index contributed by atoms with van der Waals surface area (Å²) in [6, 6.07) is -3.22. The predicted molar refractivity (Wildman–Crippen MR) is 202 cm³/mol. The minimum absolute atomic E-state index is 0.0679. The van der Waals surface area contributed by atoms with Crippen molar-refractivity contribution in [1.29, 1.82) is 0 Å². The van der Waals surface area contributed by atoms with Crippen LogP contribution in [0, 0.1) is 29.1 Å². The number of carbonyl (C=O) groups is 5. The minimum Gasteiger partial charge on any atom is -0.346 e. The molecule has 13 heteroatoms. The van der Waals surface area contributed by atoms with Crippen molar-refractivity contribution in [2.75, 3.05) is 18.8 Å². The number of ketones is 1. The highest BCUT2D eigenvalue weighted by Gasteiger charge is 2.64. The molecule has 6 aliphatic rings. The maximum Gasteiger partial charge on any atom is 0.315 e. The predicted octanol–water partition coefficient (Wildman–Crippen LogP) is 4.32. The maximum absolute atomic E-state index is 15.0. The van der Waals surface area contributed by atoms with Crippen molar-refractivity contribution in [1.82, 2.24) is 26.2 Å². The van der Waals surface area contributed by atoms with Crippen LogP contribution in [0.25, 0.3) is 0 Å². The van der Waals surface area contributed by atoms with E-state index >= 15 is 0 Å². The quantitative estimate of drug-likeness (QED) is 0.151. The number of hydrogen-bond acceptors (Lipinski definition) is 7. The van der Waals surface area contributed by atoms with E-state index < -0.39 is 61.9 Å². The molecule has 12 nitrogen and oxygen atoms in total. The minimum atomic E-state index is -3.56. The number of rotatable bonds is 14. The lowest BCUT2D eigenvalue weighted by Gasteiger charge is -2.41. The largest absolute Gasteiger partial charge is 0.346 e. The van der Waals surface area contributed by atoms with Gasteiger partial charge in [0.05, 0.1) is 22.1 Å². The standard InChI is InChI=1S/C40H63N5O7S/c1-5-22-41-35(48)33(46)30(23-26-14-15-26)42-34(47)32-28-16-19-39(20-21-39)29(28)24-45(32)36(49)31(27-12-8-6-9-13-27)43-37(50)44-40(17-10-7-11-18-40)25-53(51,52)38(2,3)4/h5,26-32H,1,6-25H2,2-4H3,(H,41,48)(H,42,47)(H2,43,44,50)/t28-,29-,30?,31-,32-/m0/s1.